The highest BCUT2D eigenvalue weighted by atomic mass is 32.1. The molecule has 1 aliphatic heterocycles. The lowest BCUT2D eigenvalue weighted by molar-refractivity contribution is 0.132. The molecule has 1 fully saturated rings. The van der Waals surface area contributed by atoms with Crippen LogP contribution in [0.1, 0.15) is 25.3 Å². The first-order chi connectivity index (χ1) is 7.69. The summed E-state index contributed by atoms with van der Waals surface area (Å²) >= 11 is 1.53. The fraction of sp³-hybridized carbons (Fsp3) is 0.800. The molecule has 6 heteroatoms. The van der Waals surface area contributed by atoms with E-state index in [1.165, 1.54) is 17.8 Å². The van der Waals surface area contributed by atoms with E-state index in [1.807, 2.05) is 0 Å². The molecule has 1 aliphatic rings. The highest BCUT2D eigenvalue weighted by Gasteiger charge is 2.23. The van der Waals surface area contributed by atoms with E-state index in [1.54, 1.807) is 0 Å². The quantitative estimate of drug-likeness (QED) is 0.617. The smallest absolute Gasteiger partial charge is 0.219 e. The summed E-state index contributed by atoms with van der Waals surface area (Å²) in [6.45, 7) is 7.88. The molecule has 16 heavy (non-hydrogen) atoms. The standard InChI is InChI=1S/C10H19N5S/c1-7-3-4-15(5-8(7)2)6-9-13-14-10(12-11)16-9/h7-8H,3-6,11H2,1-2H3,(H,12,14). The Morgan fingerprint density at radius 2 is 2.25 bits per heavy atom. The van der Waals surface area contributed by atoms with Crippen molar-refractivity contribution >= 4 is 16.5 Å². The monoisotopic (exact) mass is 241 g/mol. The van der Waals surface area contributed by atoms with E-state index in [4.69, 9.17) is 5.84 Å². The average molecular weight is 241 g/mol. The molecule has 0 aliphatic carbocycles. The Morgan fingerprint density at radius 3 is 2.88 bits per heavy atom. The van der Waals surface area contributed by atoms with Crippen LogP contribution in [0.5, 0.6) is 0 Å². The second-order valence-electron chi connectivity index (χ2n) is 4.62. The number of nitrogen functional groups attached to an aromatic ring is 1. The van der Waals surface area contributed by atoms with Crippen LogP contribution in [0.3, 0.4) is 0 Å². The van der Waals surface area contributed by atoms with Crippen molar-refractivity contribution in [3.8, 4) is 0 Å². The summed E-state index contributed by atoms with van der Waals surface area (Å²) in [6, 6.07) is 0. The molecule has 5 nitrogen and oxygen atoms in total. The number of nitrogens with one attached hydrogen (secondary N) is 1. The minimum Gasteiger partial charge on any atom is -0.298 e. The molecule has 0 amide bonds. The second-order valence-corrected chi connectivity index (χ2v) is 5.69. The van der Waals surface area contributed by atoms with E-state index < -0.39 is 0 Å². The number of nitrogens with two attached hydrogens (primary N) is 1. The van der Waals surface area contributed by atoms with Gasteiger partial charge in [-0.3, -0.25) is 10.3 Å². The lowest BCUT2D eigenvalue weighted by Gasteiger charge is -2.34. The third-order valence-electron chi connectivity index (χ3n) is 3.37. The van der Waals surface area contributed by atoms with Crippen molar-refractivity contribution in [1.82, 2.24) is 15.1 Å². The maximum absolute atomic E-state index is 5.28. The van der Waals surface area contributed by atoms with Crippen molar-refractivity contribution in [2.45, 2.75) is 26.8 Å². The van der Waals surface area contributed by atoms with Gasteiger partial charge in [0.15, 0.2) is 0 Å². The number of anilines is 1. The molecule has 1 aromatic rings. The van der Waals surface area contributed by atoms with Crippen LogP contribution in [0.25, 0.3) is 0 Å². The van der Waals surface area contributed by atoms with E-state index in [0.29, 0.717) is 5.13 Å². The average Bonchev–Trinajstić information content (AvgIpc) is 2.71. The van der Waals surface area contributed by atoms with Gasteiger partial charge in [0.2, 0.25) is 5.13 Å². The summed E-state index contributed by atoms with van der Waals surface area (Å²) < 4.78 is 0. The largest absolute Gasteiger partial charge is 0.298 e. The van der Waals surface area contributed by atoms with Crippen molar-refractivity contribution < 1.29 is 0 Å². The van der Waals surface area contributed by atoms with Crippen LogP contribution in [0.2, 0.25) is 0 Å². The molecule has 1 saturated heterocycles. The lowest BCUT2D eigenvalue weighted by Crippen LogP contribution is -2.37. The Bertz CT molecular complexity index is 340. The van der Waals surface area contributed by atoms with Crippen molar-refractivity contribution in [2.24, 2.45) is 17.7 Å². The van der Waals surface area contributed by atoms with Crippen LogP contribution in [-0.4, -0.2) is 28.2 Å². The number of nitrogens with zero attached hydrogens (tertiary/aromatic N) is 3. The highest BCUT2D eigenvalue weighted by molar-refractivity contribution is 7.15. The van der Waals surface area contributed by atoms with E-state index in [2.05, 4.69) is 34.4 Å². The van der Waals surface area contributed by atoms with Gasteiger partial charge in [0.25, 0.3) is 0 Å². The predicted molar refractivity (Wildman–Crippen MR) is 65.9 cm³/mol. The van der Waals surface area contributed by atoms with Gasteiger partial charge >= 0.3 is 0 Å². The minimum absolute atomic E-state index is 0.688. The Hall–Kier alpha value is -0.720. The van der Waals surface area contributed by atoms with Crippen molar-refractivity contribution in [2.75, 3.05) is 18.5 Å². The molecule has 3 N–H and O–H groups in total. The van der Waals surface area contributed by atoms with Crippen molar-refractivity contribution in [1.29, 1.82) is 0 Å². The summed E-state index contributed by atoms with van der Waals surface area (Å²) in [5.41, 5.74) is 2.53. The van der Waals surface area contributed by atoms with Gasteiger partial charge in [-0.15, -0.1) is 10.2 Å². The molecule has 2 unspecified atom stereocenters. The molecule has 2 atom stereocenters. The van der Waals surface area contributed by atoms with Gasteiger partial charge in [0.05, 0.1) is 6.54 Å². The summed E-state index contributed by atoms with van der Waals surface area (Å²) in [5, 5.41) is 9.77. The van der Waals surface area contributed by atoms with Crippen molar-refractivity contribution in [3.63, 3.8) is 0 Å². The molecule has 90 valence electrons. The minimum atomic E-state index is 0.688. The maximum atomic E-state index is 5.28. The van der Waals surface area contributed by atoms with Crippen LogP contribution in [-0.2, 0) is 6.54 Å². The topological polar surface area (TPSA) is 67.1 Å². The molecule has 2 heterocycles. The number of hydrogen-bond donors (Lipinski definition) is 2. The number of hydrogen-bond acceptors (Lipinski definition) is 6. The number of piperidine rings is 1. The lowest BCUT2D eigenvalue weighted by atomic mass is 9.89. The van der Waals surface area contributed by atoms with Gasteiger partial charge in [-0.2, -0.15) is 0 Å². The maximum Gasteiger partial charge on any atom is 0.219 e. The Morgan fingerprint density at radius 1 is 1.44 bits per heavy atom. The van der Waals surface area contributed by atoms with E-state index in [-0.39, 0.29) is 0 Å². The zero-order chi connectivity index (χ0) is 11.5. The van der Waals surface area contributed by atoms with E-state index in [0.717, 1.165) is 36.5 Å². The van der Waals surface area contributed by atoms with Crippen LogP contribution in [0.15, 0.2) is 0 Å². The molecule has 1 aromatic heterocycles. The second kappa shape index (κ2) is 5.07. The predicted octanol–water partition coefficient (Wildman–Crippen LogP) is 1.30. The molecule has 0 bridgehead atoms. The summed E-state index contributed by atoms with van der Waals surface area (Å²) in [6.07, 6.45) is 1.28. The summed E-state index contributed by atoms with van der Waals surface area (Å²) in [5.74, 6) is 6.89. The number of hydrazine groups is 1. The first kappa shape index (κ1) is 11.8. The van der Waals surface area contributed by atoms with Crippen LogP contribution < -0.4 is 11.3 Å². The normalized spacial score (nSPS) is 26.9. The third kappa shape index (κ3) is 2.69. The van der Waals surface area contributed by atoms with Crippen molar-refractivity contribution in [3.05, 3.63) is 5.01 Å². The van der Waals surface area contributed by atoms with Crippen LogP contribution in [0.4, 0.5) is 5.13 Å². The SMILES string of the molecule is CC1CCN(Cc2nnc(NN)s2)CC1C. The van der Waals surface area contributed by atoms with Crippen LogP contribution >= 0.6 is 11.3 Å². The Kier molecular flexibility index (Phi) is 3.73. The zero-order valence-corrected chi connectivity index (χ0v) is 10.6. The number of aromatic nitrogens is 2. The van der Waals surface area contributed by atoms with Gasteiger partial charge in [0, 0.05) is 6.54 Å². The molecule has 2 rings (SSSR count). The van der Waals surface area contributed by atoms with E-state index >= 15 is 0 Å². The van der Waals surface area contributed by atoms with Crippen LogP contribution in [0, 0.1) is 11.8 Å². The zero-order valence-electron chi connectivity index (χ0n) is 9.81. The summed E-state index contributed by atoms with van der Waals surface area (Å²) in [7, 11) is 0. The molecular weight excluding hydrogens is 222 g/mol. The van der Waals surface area contributed by atoms with Gasteiger partial charge in [-0.05, 0) is 24.8 Å². The number of rotatable bonds is 3. The highest BCUT2D eigenvalue weighted by Crippen LogP contribution is 2.24. The molecule has 0 radical (unpaired) electrons. The first-order valence-electron chi connectivity index (χ1n) is 5.70. The third-order valence-corrected chi connectivity index (χ3v) is 4.21. The van der Waals surface area contributed by atoms with Gasteiger partial charge < -0.3 is 0 Å². The molecule has 0 saturated carbocycles. The van der Waals surface area contributed by atoms with E-state index in [9.17, 15) is 0 Å². The summed E-state index contributed by atoms with van der Waals surface area (Å²) in [4.78, 5) is 2.45. The first-order valence-corrected chi connectivity index (χ1v) is 6.52. The fourth-order valence-electron chi connectivity index (χ4n) is 2.06. The molecular formula is C10H19N5S. The molecule has 0 aromatic carbocycles. The van der Waals surface area contributed by atoms with Gasteiger partial charge in [0.1, 0.15) is 5.01 Å². The number of likely N-dealkylation sites (tertiary alicyclic amines) is 1. The fourth-order valence-corrected chi connectivity index (χ4v) is 2.75. The van der Waals surface area contributed by atoms with Gasteiger partial charge in [-0.25, -0.2) is 5.84 Å². The Balaban J connectivity index is 1.90. The Labute approximate surface area is 100 Å². The van der Waals surface area contributed by atoms with Gasteiger partial charge in [-0.1, -0.05) is 25.2 Å². The molecule has 0 spiro atoms.